The highest BCUT2D eigenvalue weighted by atomic mass is 16.4. The minimum absolute atomic E-state index is 0.0237. The van der Waals surface area contributed by atoms with E-state index < -0.39 is 0 Å². The highest BCUT2D eigenvalue weighted by Crippen LogP contribution is 2.23. The van der Waals surface area contributed by atoms with E-state index in [-0.39, 0.29) is 5.91 Å². The zero-order valence-electron chi connectivity index (χ0n) is 16.6. The number of rotatable bonds is 7. The van der Waals surface area contributed by atoms with E-state index in [1.165, 1.54) is 24.9 Å². The molecule has 5 heteroatoms. The van der Waals surface area contributed by atoms with Gasteiger partial charge in [-0.1, -0.05) is 36.4 Å². The molecule has 1 aliphatic heterocycles. The second-order valence-corrected chi connectivity index (χ2v) is 7.48. The summed E-state index contributed by atoms with van der Waals surface area (Å²) in [6, 6.07) is 18.1. The van der Waals surface area contributed by atoms with E-state index in [9.17, 15) is 4.79 Å². The second kappa shape index (κ2) is 9.41. The third-order valence-corrected chi connectivity index (χ3v) is 5.26. The van der Waals surface area contributed by atoms with Gasteiger partial charge in [0.25, 0.3) is 0 Å². The summed E-state index contributed by atoms with van der Waals surface area (Å²) in [5.41, 5.74) is 3.06. The fourth-order valence-corrected chi connectivity index (χ4v) is 3.72. The fourth-order valence-electron chi connectivity index (χ4n) is 3.72. The minimum Gasteiger partial charge on any atom is -0.441 e. The molecule has 1 fully saturated rings. The molecule has 1 saturated heterocycles. The molecule has 1 aromatic heterocycles. The summed E-state index contributed by atoms with van der Waals surface area (Å²) in [5.74, 6) is 1.46. The SMILES string of the molecule is O=C(CCCc1ncc(-c2ccccc2)o1)Nc1cccc(N2CCCCC2)c1. The number of aryl methyl sites for hydroxylation is 1. The molecular weight excluding hydrogens is 362 g/mol. The summed E-state index contributed by atoms with van der Waals surface area (Å²) in [4.78, 5) is 19.1. The Kier molecular flexibility index (Phi) is 6.25. The van der Waals surface area contributed by atoms with E-state index in [4.69, 9.17) is 4.42 Å². The molecule has 150 valence electrons. The van der Waals surface area contributed by atoms with E-state index in [1.54, 1.807) is 6.20 Å². The van der Waals surface area contributed by atoms with Crippen molar-refractivity contribution in [3.8, 4) is 11.3 Å². The van der Waals surface area contributed by atoms with E-state index in [0.717, 1.165) is 30.1 Å². The van der Waals surface area contributed by atoms with Crippen molar-refractivity contribution in [2.24, 2.45) is 0 Å². The average molecular weight is 389 g/mol. The Labute approximate surface area is 171 Å². The van der Waals surface area contributed by atoms with Gasteiger partial charge in [-0.3, -0.25) is 4.79 Å². The molecule has 4 rings (SSSR count). The number of piperidine rings is 1. The number of aromatic nitrogens is 1. The van der Waals surface area contributed by atoms with Crippen LogP contribution in [0.4, 0.5) is 11.4 Å². The van der Waals surface area contributed by atoms with Crippen LogP contribution < -0.4 is 10.2 Å². The van der Waals surface area contributed by atoms with Gasteiger partial charge in [0.2, 0.25) is 5.91 Å². The summed E-state index contributed by atoms with van der Waals surface area (Å²) in [6.07, 6.45) is 7.32. The van der Waals surface area contributed by atoms with E-state index in [0.29, 0.717) is 25.2 Å². The number of nitrogens with one attached hydrogen (secondary N) is 1. The lowest BCUT2D eigenvalue weighted by atomic mass is 10.1. The molecule has 0 spiro atoms. The molecule has 0 atom stereocenters. The molecule has 0 aliphatic carbocycles. The van der Waals surface area contributed by atoms with Gasteiger partial charge in [0, 0.05) is 42.9 Å². The first-order valence-electron chi connectivity index (χ1n) is 10.4. The van der Waals surface area contributed by atoms with Gasteiger partial charge < -0.3 is 14.6 Å². The number of anilines is 2. The molecule has 0 bridgehead atoms. The van der Waals surface area contributed by atoms with Crippen LogP contribution in [-0.2, 0) is 11.2 Å². The van der Waals surface area contributed by atoms with Crippen molar-refractivity contribution in [1.29, 1.82) is 0 Å². The van der Waals surface area contributed by atoms with Crippen molar-refractivity contribution in [1.82, 2.24) is 4.98 Å². The maximum absolute atomic E-state index is 12.3. The maximum atomic E-state index is 12.3. The molecule has 29 heavy (non-hydrogen) atoms. The Bertz CT molecular complexity index is 930. The van der Waals surface area contributed by atoms with Crippen LogP contribution in [0.2, 0.25) is 0 Å². The predicted molar refractivity (Wildman–Crippen MR) is 116 cm³/mol. The zero-order chi connectivity index (χ0) is 19.9. The van der Waals surface area contributed by atoms with Gasteiger partial charge in [0.05, 0.1) is 6.20 Å². The summed E-state index contributed by atoms with van der Waals surface area (Å²) >= 11 is 0. The quantitative estimate of drug-likeness (QED) is 0.596. The fraction of sp³-hybridized carbons (Fsp3) is 0.333. The van der Waals surface area contributed by atoms with E-state index >= 15 is 0 Å². The van der Waals surface area contributed by atoms with Gasteiger partial charge in [-0.25, -0.2) is 4.98 Å². The molecule has 0 saturated carbocycles. The largest absolute Gasteiger partial charge is 0.441 e. The first kappa shape index (κ1) is 19.2. The standard InChI is InChI=1S/C24H27N3O2/c28-23(26-20-11-7-12-21(17-20)27-15-5-2-6-16-27)13-8-14-24-25-18-22(29-24)19-9-3-1-4-10-19/h1,3-4,7,9-12,17-18H,2,5-6,8,13-16H2,(H,26,28). The monoisotopic (exact) mass is 389 g/mol. The lowest BCUT2D eigenvalue weighted by Gasteiger charge is -2.29. The second-order valence-electron chi connectivity index (χ2n) is 7.48. The van der Waals surface area contributed by atoms with Crippen LogP contribution in [0.15, 0.2) is 65.2 Å². The molecule has 0 radical (unpaired) electrons. The highest BCUT2D eigenvalue weighted by Gasteiger charge is 2.12. The Balaban J connectivity index is 1.26. The van der Waals surface area contributed by atoms with Crippen molar-refractivity contribution in [3.63, 3.8) is 0 Å². The molecule has 5 nitrogen and oxygen atoms in total. The molecule has 1 aliphatic rings. The van der Waals surface area contributed by atoms with Crippen molar-refractivity contribution in [2.45, 2.75) is 38.5 Å². The number of benzene rings is 2. The minimum atomic E-state index is 0.0237. The van der Waals surface area contributed by atoms with E-state index in [1.807, 2.05) is 42.5 Å². The predicted octanol–water partition coefficient (Wildman–Crippen LogP) is 5.29. The third-order valence-electron chi connectivity index (χ3n) is 5.26. The molecule has 3 aromatic rings. The van der Waals surface area contributed by atoms with Crippen LogP contribution in [0.3, 0.4) is 0 Å². The number of oxazole rings is 1. The van der Waals surface area contributed by atoms with Gasteiger partial charge in [-0.2, -0.15) is 0 Å². The Morgan fingerprint density at radius 3 is 2.69 bits per heavy atom. The lowest BCUT2D eigenvalue weighted by Crippen LogP contribution is -2.29. The number of nitrogens with zero attached hydrogens (tertiary/aromatic N) is 2. The summed E-state index contributed by atoms with van der Waals surface area (Å²) < 4.78 is 5.80. The molecular formula is C24H27N3O2. The summed E-state index contributed by atoms with van der Waals surface area (Å²) in [7, 11) is 0. The van der Waals surface area contributed by atoms with Crippen LogP contribution in [0.25, 0.3) is 11.3 Å². The molecule has 2 aromatic carbocycles. The summed E-state index contributed by atoms with van der Waals surface area (Å²) in [5, 5.41) is 3.02. The van der Waals surface area contributed by atoms with Gasteiger partial charge >= 0.3 is 0 Å². The zero-order valence-corrected chi connectivity index (χ0v) is 16.6. The van der Waals surface area contributed by atoms with Crippen molar-refractivity contribution < 1.29 is 9.21 Å². The molecule has 2 heterocycles. The number of hydrogen-bond donors (Lipinski definition) is 1. The van der Waals surface area contributed by atoms with Crippen LogP contribution in [0.5, 0.6) is 0 Å². The number of hydrogen-bond acceptors (Lipinski definition) is 4. The maximum Gasteiger partial charge on any atom is 0.224 e. The van der Waals surface area contributed by atoms with Gasteiger partial charge in [0.1, 0.15) is 0 Å². The Hall–Kier alpha value is -3.08. The van der Waals surface area contributed by atoms with Crippen LogP contribution in [0, 0.1) is 0 Å². The van der Waals surface area contributed by atoms with Crippen LogP contribution in [0.1, 0.15) is 38.0 Å². The third kappa shape index (κ3) is 5.25. The topological polar surface area (TPSA) is 58.4 Å². The first-order chi connectivity index (χ1) is 14.3. The van der Waals surface area contributed by atoms with Gasteiger partial charge in [-0.15, -0.1) is 0 Å². The van der Waals surface area contributed by atoms with Crippen molar-refractivity contribution in [3.05, 3.63) is 66.7 Å². The first-order valence-corrected chi connectivity index (χ1v) is 10.4. The Morgan fingerprint density at radius 2 is 1.86 bits per heavy atom. The Morgan fingerprint density at radius 1 is 1.03 bits per heavy atom. The molecule has 1 N–H and O–H groups in total. The number of amides is 1. The highest BCUT2D eigenvalue weighted by molar-refractivity contribution is 5.91. The lowest BCUT2D eigenvalue weighted by molar-refractivity contribution is -0.116. The van der Waals surface area contributed by atoms with Crippen LogP contribution >= 0.6 is 0 Å². The van der Waals surface area contributed by atoms with Crippen LogP contribution in [-0.4, -0.2) is 24.0 Å². The number of carbonyl (C=O) groups excluding carboxylic acids is 1. The summed E-state index contributed by atoms with van der Waals surface area (Å²) in [6.45, 7) is 2.19. The normalized spacial score (nSPS) is 14.0. The average Bonchev–Trinajstić information content (AvgIpc) is 3.24. The van der Waals surface area contributed by atoms with Gasteiger partial charge in [0.15, 0.2) is 11.7 Å². The van der Waals surface area contributed by atoms with E-state index in [2.05, 4.69) is 27.3 Å². The van der Waals surface area contributed by atoms with Crippen molar-refractivity contribution >= 4 is 17.3 Å². The molecule has 1 amide bonds. The smallest absolute Gasteiger partial charge is 0.224 e. The van der Waals surface area contributed by atoms with Crippen molar-refractivity contribution in [2.75, 3.05) is 23.3 Å². The molecule has 0 unspecified atom stereocenters. The number of carbonyl (C=O) groups is 1. The van der Waals surface area contributed by atoms with Gasteiger partial charge in [-0.05, 0) is 43.9 Å².